The van der Waals surface area contributed by atoms with Crippen LogP contribution in [0.3, 0.4) is 0 Å². The van der Waals surface area contributed by atoms with Crippen molar-refractivity contribution in [1.82, 2.24) is 15.3 Å². The second kappa shape index (κ2) is 6.14. The zero-order valence-corrected chi connectivity index (χ0v) is 11.7. The number of hydrogen-bond acceptors (Lipinski definition) is 4. The maximum absolute atomic E-state index is 4.48. The number of hydrogen-bond donors (Lipinski definition) is 1. The van der Waals surface area contributed by atoms with Gasteiger partial charge >= 0.3 is 0 Å². The SMILES string of the molecule is CCN(c1ncncc1CNCC(C)C)C1CC1. The molecule has 0 aliphatic heterocycles. The molecule has 100 valence electrons. The zero-order chi connectivity index (χ0) is 13.0. The molecule has 4 nitrogen and oxygen atoms in total. The third-order valence-electron chi connectivity index (χ3n) is 3.23. The Kier molecular flexibility index (Phi) is 4.53. The number of anilines is 1. The Balaban J connectivity index is 2.04. The fourth-order valence-electron chi connectivity index (χ4n) is 2.20. The average molecular weight is 248 g/mol. The molecule has 0 bridgehead atoms. The third-order valence-corrected chi connectivity index (χ3v) is 3.23. The highest BCUT2D eigenvalue weighted by atomic mass is 15.2. The largest absolute Gasteiger partial charge is 0.354 e. The number of nitrogens with zero attached hydrogens (tertiary/aromatic N) is 3. The van der Waals surface area contributed by atoms with Crippen LogP contribution in [-0.4, -0.2) is 29.1 Å². The summed E-state index contributed by atoms with van der Waals surface area (Å²) >= 11 is 0. The highest BCUT2D eigenvalue weighted by Gasteiger charge is 2.30. The molecule has 1 aromatic heterocycles. The molecule has 0 saturated heterocycles. The third kappa shape index (κ3) is 3.42. The first-order valence-corrected chi connectivity index (χ1v) is 6.98. The molecule has 2 rings (SSSR count). The van der Waals surface area contributed by atoms with Crippen LogP contribution in [0.15, 0.2) is 12.5 Å². The monoisotopic (exact) mass is 248 g/mol. The van der Waals surface area contributed by atoms with Crippen molar-refractivity contribution in [2.24, 2.45) is 5.92 Å². The van der Waals surface area contributed by atoms with Crippen LogP contribution in [0.4, 0.5) is 5.82 Å². The van der Waals surface area contributed by atoms with Gasteiger partial charge in [-0.15, -0.1) is 0 Å². The van der Waals surface area contributed by atoms with Crippen LogP contribution < -0.4 is 10.2 Å². The summed E-state index contributed by atoms with van der Waals surface area (Å²) in [7, 11) is 0. The molecular formula is C14H24N4. The Morgan fingerprint density at radius 3 is 2.83 bits per heavy atom. The quantitative estimate of drug-likeness (QED) is 0.803. The first-order chi connectivity index (χ1) is 8.72. The summed E-state index contributed by atoms with van der Waals surface area (Å²) in [6.07, 6.45) is 6.21. The van der Waals surface area contributed by atoms with E-state index in [9.17, 15) is 0 Å². The summed E-state index contributed by atoms with van der Waals surface area (Å²) in [4.78, 5) is 11.1. The maximum Gasteiger partial charge on any atom is 0.136 e. The lowest BCUT2D eigenvalue weighted by atomic mass is 10.2. The minimum Gasteiger partial charge on any atom is -0.354 e. The van der Waals surface area contributed by atoms with Crippen molar-refractivity contribution in [1.29, 1.82) is 0 Å². The Labute approximate surface area is 110 Å². The van der Waals surface area contributed by atoms with E-state index in [2.05, 4.69) is 41.0 Å². The minimum atomic E-state index is 0.670. The Hall–Kier alpha value is -1.16. The van der Waals surface area contributed by atoms with Crippen molar-refractivity contribution in [2.45, 2.75) is 46.2 Å². The number of nitrogens with one attached hydrogen (secondary N) is 1. The highest BCUT2D eigenvalue weighted by molar-refractivity contribution is 5.47. The van der Waals surface area contributed by atoms with Gasteiger partial charge in [-0.1, -0.05) is 13.8 Å². The van der Waals surface area contributed by atoms with Gasteiger partial charge < -0.3 is 10.2 Å². The molecule has 0 aromatic carbocycles. The second-order valence-corrected chi connectivity index (χ2v) is 5.41. The number of aromatic nitrogens is 2. The van der Waals surface area contributed by atoms with Gasteiger partial charge in [0.2, 0.25) is 0 Å². The van der Waals surface area contributed by atoms with Crippen LogP contribution in [0.25, 0.3) is 0 Å². The van der Waals surface area contributed by atoms with Gasteiger partial charge in [-0.25, -0.2) is 9.97 Å². The Bertz CT molecular complexity index is 374. The molecule has 18 heavy (non-hydrogen) atoms. The van der Waals surface area contributed by atoms with Crippen LogP contribution in [-0.2, 0) is 6.54 Å². The van der Waals surface area contributed by atoms with Crippen molar-refractivity contribution in [2.75, 3.05) is 18.0 Å². The molecule has 1 aliphatic carbocycles. The van der Waals surface area contributed by atoms with Crippen molar-refractivity contribution in [3.63, 3.8) is 0 Å². The lowest BCUT2D eigenvalue weighted by Crippen LogP contribution is -2.29. The lowest BCUT2D eigenvalue weighted by Gasteiger charge is -2.24. The van der Waals surface area contributed by atoms with E-state index in [1.165, 1.54) is 18.4 Å². The molecule has 1 aromatic rings. The molecule has 0 spiro atoms. The predicted octanol–water partition coefficient (Wildman–Crippen LogP) is 2.21. The van der Waals surface area contributed by atoms with E-state index >= 15 is 0 Å². The van der Waals surface area contributed by atoms with Crippen LogP contribution in [0.5, 0.6) is 0 Å². The standard InChI is InChI=1S/C14H24N4/c1-4-18(13-5-6-13)14-12(9-16-10-17-14)8-15-7-11(2)3/h9-11,13,15H,4-8H2,1-3H3. The molecule has 1 fully saturated rings. The van der Waals surface area contributed by atoms with E-state index in [1.54, 1.807) is 6.33 Å². The van der Waals surface area contributed by atoms with E-state index in [0.717, 1.165) is 25.5 Å². The smallest absolute Gasteiger partial charge is 0.136 e. The normalized spacial score (nSPS) is 15.1. The van der Waals surface area contributed by atoms with Gasteiger partial charge in [0.05, 0.1) is 0 Å². The van der Waals surface area contributed by atoms with E-state index in [0.29, 0.717) is 12.0 Å². The molecular weight excluding hydrogens is 224 g/mol. The maximum atomic E-state index is 4.48. The van der Waals surface area contributed by atoms with E-state index < -0.39 is 0 Å². The van der Waals surface area contributed by atoms with Gasteiger partial charge in [-0.2, -0.15) is 0 Å². The van der Waals surface area contributed by atoms with Crippen LogP contribution >= 0.6 is 0 Å². The molecule has 4 heteroatoms. The predicted molar refractivity (Wildman–Crippen MR) is 74.6 cm³/mol. The molecule has 1 saturated carbocycles. The molecule has 0 amide bonds. The molecule has 0 atom stereocenters. The Morgan fingerprint density at radius 2 is 2.22 bits per heavy atom. The molecule has 1 heterocycles. The zero-order valence-electron chi connectivity index (χ0n) is 11.7. The number of rotatable bonds is 7. The summed E-state index contributed by atoms with van der Waals surface area (Å²) < 4.78 is 0. The summed E-state index contributed by atoms with van der Waals surface area (Å²) in [5.41, 5.74) is 1.21. The van der Waals surface area contributed by atoms with Gasteiger partial charge in [-0.05, 0) is 32.2 Å². The minimum absolute atomic E-state index is 0.670. The first kappa shape index (κ1) is 13.3. The summed E-state index contributed by atoms with van der Waals surface area (Å²) in [6, 6.07) is 0.703. The van der Waals surface area contributed by atoms with Gasteiger partial charge in [0.25, 0.3) is 0 Å². The van der Waals surface area contributed by atoms with Crippen LogP contribution in [0.1, 0.15) is 39.2 Å². The highest BCUT2D eigenvalue weighted by Crippen LogP contribution is 2.31. The fourth-order valence-corrected chi connectivity index (χ4v) is 2.20. The second-order valence-electron chi connectivity index (χ2n) is 5.41. The van der Waals surface area contributed by atoms with Gasteiger partial charge in [0.1, 0.15) is 12.1 Å². The van der Waals surface area contributed by atoms with Crippen molar-refractivity contribution < 1.29 is 0 Å². The first-order valence-electron chi connectivity index (χ1n) is 6.98. The van der Waals surface area contributed by atoms with E-state index in [1.807, 2.05) is 6.20 Å². The molecule has 1 N–H and O–H groups in total. The van der Waals surface area contributed by atoms with E-state index in [4.69, 9.17) is 0 Å². The molecule has 1 aliphatic rings. The van der Waals surface area contributed by atoms with E-state index in [-0.39, 0.29) is 0 Å². The van der Waals surface area contributed by atoms with Gasteiger partial charge in [-0.3, -0.25) is 0 Å². The van der Waals surface area contributed by atoms with Crippen molar-refractivity contribution in [3.05, 3.63) is 18.1 Å². The lowest BCUT2D eigenvalue weighted by molar-refractivity contribution is 0.550. The van der Waals surface area contributed by atoms with Gasteiger partial charge in [0.15, 0.2) is 0 Å². The van der Waals surface area contributed by atoms with Gasteiger partial charge in [0, 0.05) is 30.9 Å². The van der Waals surface area contributed by atoms with Crippen LogP contribution in [0.2, 0.25) is 0 Å². The van der Waals surface area contributed by atoms with Crippen molar-refractivity contribution in [3.8, 4) is 0 Å². The summed E-state index contributed by atoms with van der Waals surface area (Å²) in [5, 5.41) is 3.47. The molecule has 0 radical (unpaired) electrons. The molecule has 0 unspecified atom stereocenters. The summed E-state index contributed by atoms with van der Waals surface area (Å²) in [6.45, 7) is 9.56. The topological polar surface area (TPSA) is 41.1 Å². The van der Waals surface area contributed by atoms with Crippen LogP contribution in [0, 0.1) is 5.92 Å². The summed E-state index contributed by atoms with van der Waals surface area (Å²) in [5.74, 6) is 1.79. The Morgan fingerprint density at radius 1 is 1.44 bits per heavy atom. The van der Waals surface area contributed by atoms with Crippen molar-refractivity contribution >= 4 is 5.82 Å². The fraction of sp³-hybridized carbons (Fsp3) is 0.714. The average Bonchev–Trinajstić information content (AvgIpc) is 3.16.